The molecule has 0 saturated heterocycles. The van der Waals surface area contributed by atoms with Crippen molar-refractivity contribution in [1.29, 1.82) is 0 Å². The number of nitrogens with two attached hydrogens (primary N) is 1. The molecular formula is C9H15N3OS. The highest BCUT2D eigenvalue weighted by molar-refractivity contribution is 7.09. The van der Waals surface area contributed by atoms with Gasteiger partial charge in [0, 0.05) is 11.9 Å². The highest BCUT2D eigenvalue weighted by Gasteiger charge is 2.04. The topological polar surface area (TPSA) is 68.0 Å². The molecule has 1 aromatic rings. The van der Waals surface area contributed by atoms with Crippen LogP contribution < -0.4 is 11.1 Å². The van der Waals surface area contributed by atoms with Crippen molar-refractivity contribution < 1.29 is 4.79 Å². The standard InChI is InChI=1S/C9H15N3OS/c1-7-12-8(6-14-7)5-9(13)11-4-2-3-10/h6H,2-5,10H2,1H3,(H,11,13). The van der Waals surface area contributed by atoms with E-state index >= 15 is 0 Å². The largest absolute Gasteiger partial charge is 0.356 e. The van der Waals surface area contributed by atoms with E-state index in [0.717, 1.165) is 17.1 Å². The third-order valence-corrected chi connectivity index (χ3v) is 2.53. The second-order valence-electron chi connectivity index (χ2n) is 3.03. The van der Waals surface area contributed by atoms with Crippen LogP contribution in [0.3, 0.4) is 0 Å². The summed E-state index contributed by atoms with van der Waals surface area (Å²) in [6.45, 7) is 3.19. The van der Waals surface area contributed by atoms with E-state index in [-0.39, 0.29) is 5.91 Å². The van der Waals surface area contributed by atoms with Gasteiger partial charge in [-0.25, -0.2) is 4.98 Å². The summed E-state index contributed by atoms with van der Waals surface area (Å²) in [5, 5.41) is 5.70. The van der Waals surface area contributed by atoms with Gasteiger partial charge in [-0.1, -0.05) is 0 Å². The van der Waals surface area contributed by atoms with E-state index in [1.165, 1.54) is 0 Å². The summed E-state index contributed by atoms with van der Waals surface area (Å²) in [4.78, 5) is 15.5. The molecule has 0 aliphatic heterocycles. The first kappa shape index (κ1) is 11.1. The van der Waals surface area contributed by atoms with Crippen LogP contribution in [0.1, 0.15) is 17.1 Å². The van der Waals surface area contributed by atoms with E-state index in [9.17, 15) is 4.79 Å². The Morgan fingerprint density at radius 2 is 2.50 bits per heavy atom. The number of rotatable bonds is 5. The van der Waals surface area contributed by atoms with Gasteiger partial charge in [0.25, 0.3) is 0 Å². The van der Waals surface area contributed by atoms with Gasteiger partial charge in [-0.3, -0.25) is 4.79 Å². The SMILES string of the molecule is Cc1nc(CC(=O)NCCCN)cs1. The van der Waals surface area contributed by atoms with E-state index in [1.54, 1.807) is 11.3 Å². The molecule has 14 heavy (non-hydrogen) atoms. The number of nitrogens with zero attached hydrogens (tertiary/aromatic N) is 1. The highest BCUT2D eigenvalue weighted by Crippen LogP contribution is 2.07. The van der Waals surface area contributed by atoms with Crippen molar-refractivity contribution in [3.8, 4) is 0 Å². The van der Waals surface area contributed by atoms with Gasteiger partial charge < -0.3 is 11.1 Å². The molecule has 0 bridgehead atoms. The maximum atomic E-state index is 11.3. The lowest BCUT2D eigenvalue weighted by Crippen LogP contribution is -2.27. The number of carbonyl (C=O) groups is 1. The number of aryl methyl sites for hydroxylation is 1. The summed E-state index contributed by atoms with van der Waals surface area (Å²) in [7, 11) is 0. The molecule has 78 valence electrons. The van der Waals surface area contributed by atoms with E-state index in [1.807, 2.05) is 12.3 Å². The van der Waals surface area contributed by atoms with Gasteiger partial charge >= 0.3 is 0 Å². The molecular weight excluding hydrogens is 198 g/mol. The molecule has 0 saturated carbocycles. The van der Waals surface area contributed by atoms with Gasteiger partial charge in [0.15, 0.2) is 0 Å². The van der Waals surface area contributed by atoms with Crippen LogP contribution in [0.25, 0.3) is 0 Å². The molecule has 0 aliphatic carbocycles. The molecule has 1 aromatic heterocycles. The zero-order chi connectivity index (χ0) is 10.4. The maximum absolute atomic E-state index is 11.3. The predicted octanol–water partition coefficient (Wildman–Crippen LogP) is 0.459. The van der Waals surface area contributed by atoms with Crippen LogP contribution in [0.4, 0.5) is 0 Å². The van der Waals surface area contributed by atoms with Crippen molar-refractivity contribution in [2.45, 2.75) is 19.8 Å². The Morgan fingerprint density at radius 1 is 1.71 bits per heavy atom. The van der Waals surface area contributed by atoms with Crippen LogP contribution in [-0.4, -0.2) is 24.0 Å². The maximum Gasteiger partial charge on any atom is 0.226 e. The van der Waals surface area contributed by atoms with Crippen molar-refractivity contribution >= 4 is 17.2 Å². The Kier molecular flexibility index (Phi) is 4.55. The van der Waals surface area contributed by atoms with Crippen molar-refractivity contribution in [3.05, 3.63) is 16.1 Å². The summed E-state index contributed by atoms with van der Waals surface area (Å²) in [6, 6.07) is 0. The lowest BCUT2D eigenvalue weighted by Gasteiger charge is -2.01. The third kappa shape index (κ3) is 3.85. The fourth-order valence-corrected chi connectivity index (χ4v) is 1.66. The van der Waals surface area contributed by atoms with Crippen molar-refractivity contribution in [2.24, 2.45) is 5.73 Å². The van der Waals surface area contributed by atoms with Crippen LogP contribution >= 0.6 is 11.3 Å². The highest BCUT2D eigenvalue weighted by atomic mass is 32.1. The van der Waals surface area contributed by atoms with Gasteiger partial charge in [-0.15, -0.1) is 11.3 Å². The summed E-state index contributed by atoms with van der Waals surface area (Å²) in [5.41, 5.74) is 6.15. The van der Waals surface area contributed by atoms with Crippen LogP contribution in [0.2, 0.25) is 0 Å². The molecule has 0 spiro atoms. The molecule has 5 heteroatoms. The second-order valence-corrected chi connectivity index (χ2v) is 4.09. The van der Waals surface area contributed by atoms with Crippen LogP contribution in [0.15, 0.2) is 5.38 Å². The van der Waals surface area contributed by atoms with Crippen molar-refractivity contribution in [2.75, 3.05) is 13.1 Å². The molecule has 1 rings (SSSR count). The number of hydrogen-bond donors (Lipinski definition) is 2. The van der Waals surface area contributed by atoms with E-state index in [2.05, 4.69) is 10.3 Å². The Bertz CT molecular complexity index is 298. The number of thiazole rings is 1. The zero-order valence-electron chi connectivity index (χ0n) is 8.25. The van der Waals surface area contributed by atoms with Gasteiger partial charge in [0.1, 0.15) is 0 Å². The van der Waals surface area contributed by atoms with E-state index < -0.39 is 0 Å². The smallest absolute Gasteiger partial charge is 0.226 e. The average molecular weight is 213 g/mol. The fourth-order valence-electron chi connectivity index (χ4n) is 1.05. The number of nitrogens with one attached hydrogen (secondary N) is 1. The number of carbonyl (C=O) groups excluding carboxylic acids is 1. The number of hydrogen-bond acceptors (Lipinski definition) is 4. The predicted molar refractivity (Wildman–Crippen MR) is 57.2 cm³/mol. The molecule has 0 unspecified atom stereocenters. The first-order chi connectivity index (χ1) is 6.72. The minimum atomic E-state index is 0.0174. The second kappa shape index (κ2) is 5.72. The minimum Gasteiger partial charge on any atom is -0.356 e. The lowest BCUT2D eigenvalue weighted by atomic mass is 10.3. The van der Waals surface area contributed by atoms with Crippen LogP contribution in [0, 0.1) is 6.92 Å². The molecule has 4 nitrogen and oxygen atoms in total. The van der Waals surface area contributed by atoms with Gasteiger partial charge in [-0.2, -0.15) is 0 Å². The molecule has 1 amide bonds. The Balaban J connectivity index is 2.27. The zero-order valence-corrected chi connectivity index (χ0v) is 9.06. The molecule has 0 fully saturated rings. The Morgan fingerprint density at radius 3 is 3.07 bits per heavy atom. The average Bonchev–Trinajstić information content (AvgIpc) is 2.52. The molecule has 0 atom stereocenters. The Labute approximate surface area is 87.5 Å². The first-order valence-electron chi connectivity index (χ1n) is 4.60. The summed E-state index contributed by atoms with van der Waals surface area (Å²) in [6.07, 6.45) is 1.19. The van der Waals surface area contributed by atoms with Crippen molar-refractivity contribution in [1.82, 2.24) is 10.3 Å². The van der Waals surface area contributed by atoms with Gasteiger partial charge in [-0.05, 0) is 19.9 Å². The molecule has 1 heterocycles. The third-order valence-electron chi connectivity index (χ3n) is 1.71. The molecule has 0 aromatic carbocycles. The number of aromatic nitrogens is 1. The minimum absolute atomic E-state index is 0.0174. The van der Waals surface area contributed by atoms with Crippen LogP contribution in [-0.2, 0) is 11.2 Å². The van der Waals surface area contributed by atoms with Gasteiger partial charge in [0.05, 0.1) is 17.1 Å². The number of amides is 1. The summed E-state index contributed by atoms with van der Waals surface area (Å²) in [5.74, 6) is 0.0174. The monoisotopic (exact) mass is 213 g/mol. The fraction of sp³-hybridized carbons (Fsp3) is 0.556. The first-order valence-corrected chi connectivity index (χ1v) is 5.48. The van der Waals surface area contributed by atoms with Crippen LogP contribution in [0.5, 0.6) is 0 Å². The Hall–Kier alpha value is -0.940. The molecule has 3 N–H and O–H groups in total. The van der Waals surface area contributed by atoms with E-state index in [0.29, 0.717) is 19.5 Å². The van der Waals surface area contributed by atoms with Gasteiger partial charge in [0.2, 0.25) is 5.91 Å². The molecule has 0 aliphatic rings. The van der Waals surface area contributed by atoms with E-state index in [4.69, 9.17) is 5.73 Å². The normalized spacial score (nSPS) is 10.1. The van der Waals surface area contributed by atoms with Crippen molar-refractivity contribution in [3.63, 3.8) is 0 Å². The summed E-state index contributed by atoms with van der Waals surface area (Å²) >= 11 is 1.56. The summed E-state index contributed by atoms with van der Waals surface area (Å²) < 4.78 is 0. The molecule has 0 radical (unpaired) electrons. The quantitative estimate of drug-likeness (QED) is 0.698. The lowest BCUT2D eigenvalue weighted by molar-refractivity contribution is -0.120.